The third kappa shape index (κ3) is 5.33. The second-order valence-corrected chi connectivity index (χ2v) is 7.46. The molecule has 0 saturated carbocycles. The van der Waals surface area contributed by atoms with Gasteiger partial charge in [-0.1, -0.05) is 36.4 Å². The lowest BCUT2D eigenvalue weighted by Gasteiger charge is -2.10. The van der Waals surface area contributed by atoms with Crippen molar-refractivity contribution in [2.45, 2.75) is 13.0 Å². The molecule has 0 radical (unpaired) electrons. The summed E-state index contributed by atoms with van der Waals surface area (Å²) >= 11 is 0. The van der Waals surface area contributed by atoms with Crippen molar-refractivity contribution in [3.05, 3.63) is 88.9 Å². The van der Waals surface area contributed by atoms with E-state index in [0.717, 1.165) is 11.8 Å². The smallest absolute Gasteiger partial charge is 0.345 e. The van der Waals surface area contributed by atoms with Gasteiger partial charge in [-0.2, -0.15) is 5.10 Å². The number of benzene rings is 2. The van der Waals surface area contributed by atoms with Gasteiger partial charge in [0, 0.05) is 23.2 Å². The minimum atomic E-state index is -1.25. The molecular formula is C25H20N4O6. The minimum Gasteiger partial charge on any atom is -0.449 e. The van der Waals surface area contributed by atoms with Crippen molar-refractivity contribution in [3.8, 4) is 16.9 Å². The quantitative estimate of drug-likeness (QED) is 0.249. The Morgan fingerprint density at radius 1 is 1.11 bits per heavy atom. The maximum Gasteiger partial charge on any atom is 0.345 e. The molecule has 0 fully saturated rings. The number of hydrogen-bond donors (Lipinski definition) is 2. The second-order valence-electron chi connectivity index (χ2n) is 7.46. The van der Waals surface area contributed by atoms with E-state index in [0.29, 0.717) is 16.5 Å². The number of hydrogen-bond acceptors (Lipinski definition) is 7. The summed E-state index contributed by atoms with van der Waals surface area (Å²) in [7, 11) is 0. The average molecular weight is 472 g/mol. The highest BCUT2D eigenvalue weighted by molar-refractivity contribution is 5.97. The maximum absolute atomic E-state index is 12.8. The summed E-state index contributed by atoms with van der Waals surface area (Å²) in [4.78, 5) is 47.6. The van der Waals surface area contributed by atoms with Crippen LogP contribution in [0.2, 0.25) is 0 Å². The first-order chi connectivity index (χ1) is 16.8. The summed E-state index contributed by atoms with van der Waals surface area (Å²) in [6.07, 6.45) is 2.90. The molecule has 0 spiro atoms. The number of esters is 1. The Morgan fingerprint density at radius 3 is 2.57 bits per heavy atom. The molecule has 0 aliphatic carbocycles. The summed E-state index contributed by atoms with van der Waals surface area (Å²) in [5, 5.41) is 7.10. The number of para-hydroxylation sites is 2. The van der Waals surface area contributed by atoms with E-state index in [4.69, 9.17) is 14.9 Å². The third-order valence-corrected chi connectivity index (χ3v) is 4.97. The number of rotatable bonds is 6. The van der Waals surface area contributed by atoms with Crippen LogP contribution in [0.4, 0.5) is 4.79 Å². The predicted molar refractivity (Wildman–Crippen MR) is 127 cm³/mol. The third-order valence-electron chi connectivity index (χ3n) is 4.97. The fourth-order valence-corrected chi connectivity index (χ4v) is 3.31. The zero-order chi connectivity index (χ0) is 24.9. The summed E-state index contributed by atoms with van der Waals surface area (Å²) in [5.41, 5.74) is 6.41. The lowest BCUT2D eigenvalue weighted by Crippen LogP contribution is -2.42. The summed E-state index contributed by atoms with van der Waals surface area (Å²) in [6.45, 7) is 1.29. The van der Waals surface area contributed by atoms with E-state index in [1.807, 2.05) is 41.7 Å². The molecule has 2 heterocycles. The molecule has 0 saturated heterocycles. The number of urea groups is 1. The molecule has 4 aromatic rings. The Balaban J connectivity index is 1.70. The fourth-order valence-electron chi connectivity index (χ4n) is 3.31. The number of imide groups is 1. The monoisotopic (exact) mass is 472 g/mol. The van der Waals surface area contributed by atoms with Crippen molar-refractivity contribution in [2.75, 3.05) is 0 Å². The van der Waals surface area contributed by atoms with Crippen LogP contribution in [0.1, 0.15) is 12.5 Å². The first kappa shape index (κ1) is 23.2. The molecule has 1 unspecified atom stereocenters. The van der Waals surface area contributed by atoms with Crippen LogP contribution in [-0.2, 0) is 14.3 Å². The van der Waals surface area contributed by atoms with E-state index >= 15 is 0 Å². The number of nitrogens with one attached hydrogen (secondary N) is 1. The molecule has 0 aliphatic rings. The number of carbonyl (C=O) groups is 3. The number of carbonyl (C=O) groups excluding carboxylic acids is 3. The van der Waals surface area contributed by atoms with Crippen molar-refractivity contribution in [1.82, 2.24) is 15.1 Å². The molecule has 176 valence electrons. The standard InChI is InChI=1S/C25H20N4O6/c1-15(23(31)27-25(26)33)34-21(30)12-11-17-14-29(18-8-3-2-4-9-18)28-22(17)19-13-16-7-5-6-10-20(16)35-24(19)32/h2-15H,1H3,(H3,26,27,31,33). The van der Waals surface area contributed by atoms with Crippen LogP contribution in [0, 0.1) is 0 Å². The SMILES string of the molecule is CC(OC(=O)C=Cc1cn(-c2ccccc2)nc1-c1cc2ccccc2oc1=O)C(=O)NC(N)=O. The van der Waals surface area contributed by atoms with Crippen LogP contribution in [0.15, 0.2) is 82.1 Å². The van der Waals surface area contributed by atoms with Gasteiger partial charge in [-0.15, -0.1) is 0 Å². The van der Waals surface area contributed by atoms with Gasteiger partial charge in [0.05, 0.1) is 11.3 Å². The first-order valence-corrected chi connectivity index (χ1v) is 10.5. The molecule has 10 nitrogen and oxygen atoms in total. The summed E-state index contributed by atoms with van der Waals surface area (Å²) in [6, 6.07) is 16.9. The topological polar surface area (TPSA) is 147 Å². The van der Waals surface area contributed by atoms with E-state index in [1.54, 1.807) is 35.1 Å². The highest BCUT2D eigenvalue weighted by Crippen LogP contribution is 2.25. The lowest BCUT2D eigenvalue weighted by atomic mass is 10.1. The molecule has 1 atom stereocenters. The average Bonchev–Trinajstić information content (AvgIpc) is 3.26. The van der Waals surface area contributed by atoms with E-state index in [2.05, 4.69) is 5.10 Å². The Bertz CT molecular complexity index is 1500. The van der Waals surface area contributed by atoms with Gasteiger partial charge in [0.2, 0.25) is 0 Å². The predicted octanol–water partition coefficient (Wildman–Crippen LogP) is 2.79. The van der Waals surface area contributed by atoms with Gasteiger partial charge in [-0.25, -0.2) is 19.1 Å². The van der Waals surface area contributed by atoms with Gasteiger partial charge in [-0.3, -0.25) is 10.1 Å². The van der Waals surface area contributed by atoms with Crippen molar-refractivity contribution in [2.24, 2.45) is 5.73 Å². The fraction of sp³-hybridized carbons (Fsp3) is 0.0800. The van der Waals surface area contributed by atoms with Crippen molar-refractivity contribution in [1.29, 1.82) is 0 Å². The molecule has 4 rings (SSSR count). The van der Waals surface area contributed by atoms with Crippen molar-refractivity contribution in [3.63, 3.8) is 0 Å². The number of nitrogens with zero attached hydrogens (tertiary/aromatic N) is 2. The molecule has 0 aliphatic heterocycles. The molecule has 35 heavy (non-hydrogen) atoms. The molecular weight excluding hydrogens is 452 g/mol. The number of ether oxygens (including phenoxy) is 1. The van der Waals surface area contributed by atoms with Gasteiger partial charge in [0.1, 0.15) is 11.3 Å². The zero-order valence-corrected chi connectivity index (χ0v) is 18.5. The minimum absolute atomic E-state index is 0.209. The van der Waals surface area contributed by atoms with Crippen LogP contribution in [-0.4, -0.2) is 33.8 Å². The number of primary amides is 1. The Hall–Kier alpha value is -4.99. The number of aromatic nitrogens is 2. The van der Waals surface area contributed by atoms with E-state index in [-0.39, 0.29) is 11.3 Å². The van der Waals surface area contributed by atoms with Crippen molar-refractivity contribution >= 4 is 35.0 Å². The Morgan fingerprint density at radius 2 is 1.83 bits per heavy atom. The van der Waals surface area contributed by atoms with Crippen LogP contribution < -0.4 is 16.7 Å². The molecule has 10 heteroatoms. The molecule has 0 bridgehead atoms. The number of nitrogens with two attached hydrogens (primary N) is 1. The van der Waals surface area contributed by atoms with Crippen LogP contribution in [0.3, 0.4) is 0 Å². The maximum atomic E-state index is 12.8. The number of amides is 3. The molecule has 2 aromatic heterocycles. The van der Waals surface area contributed by atoms with E-state index in [1.165, 1.54) is 13.0 Å². The Labute approximate surface area is 198 Å². The van der Waals surface area contributed by atoms with Crippen LogP contribution >= 0.6 is 0 Å². The number of fused-ring (bicyclic) bond motifs is 1. The highest BCUT2D eigenvalue weighted by Gasteiger charge is 2.19. The normalized spacial score (nSPS) is 11.9. The molecule has 2 aromatic carbocycles. The van der Waals surface area contributed by atoms with E-state index in [9.17, 15) is 19.2 Å². The van der Waals surface area contributed by atoms with Crippen LogP contribution in [0.5, 0.6) is 0 Å². The molecule has 3 N–H and O–H groups in total. The summed E-state index contributed by atoms with van der Waals surface area (Å²) in [5.74, 6) is -1.70. The van der Waals surface area contributed by atoms with Crippen LogP contribution in [0.25, 0.3) is 34.0 Å². The largest absolute Gasteiger partial charge is 0.449 e. The highest BCUT2D eigenvalue weighted by atomic mass is 16.5. The van der Waals surface area contributed by atoms with Gasteiger partial charge in [-0.05, 0) is 37.3 Å². The van der Waals surface area contributed by atoms with Crippen molar-refractivity contribution < 1.29 is 23.5 Å². The molecule has 3 amide bonds. The van der Waals surface area contributed by atoms with Gasteiger partial charge in [0.15, 0.2) is 6.10 Å². The summed E-state index contributed by atoms with van der Waals surface area (Å²) < 4.78 is 12.0. The second kappa shape index (κ2) is 9.87. The van der Waals surface area contributed by atoms with E-state index < -0.39 is 29.6 Å². The Kier molecular flexibility index (Phi) is 6.54. The lowest BCUT2D eigenvalue weighted by molar-refractivity contribution is -0.149. The zero-order valence-electron chi connectivity index (χ0n) is 18.5. The first-order valence-electron chi connectivity index (χ1n) is 10.5. The van der Waals surface area contributed by atoms with Gasteiger partial charge < -0.3 is 14.9 Å². The van der Waals surface area contributed by atoms with Gasteiger partial charge >= 0.3 is 17.6 Å². The van der Waals surface area contributed by atoms with Gasteiger partial charge in [0.25, 0.3) is 5.91 Å².